The Morgan fingerprint density at radius 2 is 1.96 bits per heavy atom. The summed E-state index contributed by atoms with van der Waals surface area (Å²) in [6, 6.07) is 7.50. The highest BCUT2D eigenvalue weighted by Gasteiger charge is 2.15. The molecular formula is C17H25N3O4. The fraction of sp³-hybridized carbons (Fsp3) is 0.529. The van der Waals surface area contributed by atoms with Gasteiger partial charge in [0.2, 0.25) is 0 Å². The van der Waals surface area contributed by atoms with E-state index in [0.29, 0.717) is 32.6 Å². The van der Waals surface area contributed by atoms with E-state index in [0.717, 1.165) is 30.9 Å². The fourth-order valence-corrected chi connectivity index (χ4v) is 2.52. The van der Waals surface area contributed by atoms with Crippen molar-refractivity contribution in [3.8, 4) is 0 Å². The largest absolute Gasteiger partial charge is 0.469 e. The number of carbonyl (C=O) groups excluding carboxylic acids is 2. The monoisotopic (exact) mass is 335 g/mol. The van der Waals surface area contributed by atoms with Crippen molar-refractivity contribution in [2.75, 3.05) is 50.2 Å². The van der Waals surface area contributed by atoms with Crippen LogP contribution in [-0.4, -0.2) is 52.0 Å². The first-order valence-corrected chi connectivity index (χ1v) is 8.24. The number of amides is 2. The summed E-state index contributed by atoms with van der Waals surface area (Å²) in [5.74, 6) is -0.223. The fourth-order valence-electron chi connectivity index (χ4n) is 2.52. The first-order chi connectivity index (χ1) is 11.7. The van der Waals surface area contributed by atoms with Crippen LogP contribution in [0.4, 0.5) is 16.2 Å². The predicted octanol–water partition coefficient (Wildman–Crippen LogP) is 1.99. The Balaban J connectivity index is 1.78. The number of methoxy groups -OCH3 is 1. The summed E-state index contributed by atoms with van der Waals surface area (Å²) < 4.78 is 9.94. The Hall–Kier alpha value is -2.28. The molecule has 0 atom stereocenters. The molecule has 0 unspecified atom stereocenters. The molecule has 132 valence electrons. The number of morpholine rings is 1. The van der Waals surface area contributed by atoms with Gasteiger partial charge < -0.3 is 25.0 Å². The molecule has 1 aliphatic heterocycles. The van der Waals surface area contributed by atoms with Crippen LogP contribution in [0.1, 0.15) is 19.3 Å². The van der Waals surface area contributed by atoms with E-state index in [4.69, 9.17) is 4.74 Å². The average molecular weight is 335 g/mol. The number of hydrogen-bond acceptors (Lipinski definition) is 5. The van der Waals surface area contributed by atoms with Crippen LogP contribution in [0.5, 0.6) is 0 Å². The highest BCUT2D eigenvalue weighted by Crippen LogP contribution is 2.26. The minimum atomic E-state index is -0.242. The number of nitrogens with one attached hydrogen (secondary N) is 2. The van der Waals surface area contributed by atoms with Crippen LogP contribution >= 0.6 is 0 Å². The first-order valence-electron chi connectivity index (χ1n) is 8.24. The SMILES string of the molecule is COC(=O)CCCCNC(=O)Nc1ccccc1N1CCOCC1. The van der Waals surface area contributed by atoms with Gasteiger partial charge in [0.15, 0.2) is 0 Å². The van der Waals surface area contributed by atoms with Gasteiger partial charge in [-0.05, 0) is 25.0 Å². The molecule has 1 aromatic carbocycles. The van der Waals surface area contributed by atoms with Crippen LogP contribution in [0, 0.1) is 0 Å². The highest BCUT2D eigenvalue weighted by molar-refractivity contribution is 5.93. The molecule has 1 saturated heterocycles. The molecule has 2 amide bonds. The van der Waals surface area contributed by atoms with Crippen molar-refractivity contribution in [2.24, 2.45) is 0 Å². The third-order valence-electron chi connectivity index (χ3n) is 3.82. The summed E-state index contributed by atoms with van der Waals surface area (Å²) in [5.41, 5.74) is 1.79. The molecule has 0 radical (unpaired) electrons. The first kappa shape index (κ1) is 18.1. The molecule has 7 heteroatoms. The Labute approximate surface area is 142 Å². The lowest BCUT2D eigenvalue weighted by Crippen LogP contribution is -2.37. The summed E-state index contributed by atoms with van der Waals surface area (Å²) in [6.45, 7) is 3.53. The quantitative estimate of drug-likeness (QED) is 0.588. The number of esters is 1. The standard InChI is InChI=1S/C17H25N3O4/c1-23-16(21)8-4-5-9-18-17(22)19-14-6-2-3-7-15(14)20-10-12-24-13-11-20/h2-3,6-7H,4-5,8-13H2,1H3,(H2,18,19,22). The molecule has 0 aliphatic carbocycles. The van der Waals surface area contributed by atoms with Gasteiger partial charge in [-0.25, -0.2) is 4.79 Å². The van der Waals surface area contributed by atoms with Gasteiger partial charge in [0.05, 0.1) is 31.7 Å². The van der Waals surface area contributed by atoms with E-state index in [1.807, 2.05) is 24.3 Å². The van der Waals surface area contributed by atoms with Crippen LogP contribution in [0.25, 0.3) is 0 Å². The van der Waals surface area contributed by atoms with Gasteiger partial charge in [0.1, 0.15) is 0 Å². The second-order valence-electron chi connectivity index (χ2n) is 5.53. The predicted molar refractivity (Wildman–Crippen MR) is 92.4 cm³/mol. The van der Waals surface area contributed by atoms with Crippen molar-refractivity contribution < 1.29 is 19.1 Å². The van der Waals surface area contributed by atoms with Gasteiger partial charge in [0.25, 0.3) is 0 Å². The van der Waals surface area contributed by atoms with E-state index >= 15 is 0 Å². The number of anilines is 2. The van der Waals surface area contributed by atoms with Gasteiger partial charge in [0, 0.05) is 26.1 Å². The maximum absolute atomic E-state index is 12.0. The molecule has 0 spiro atoms. The molecule has 0 aromatic heterocycles. The van der Waals surface area contributed by atoms with Crippen molar-refractivity contribution in [3.63, 3.8) is 0 Å². The number of benzene rings is 1. The summed E-state index contributed by atoms with van der Waals surface area (Å²) >= 11 is 0. The van der Waals surface area contributed by atoms with Crippen LogP contribution in [0.15, 0.2) is 24.3 Å². The lowest BCUT2D eigenvalue weighted by molar-refractivity contribution is -0.140. The molecule has 24 heavy (non-hydrogen) atoms. The summed E-state index contributed by atoms with van der Waals surface area (Å²) in [5, 5.41) is 5.70. The van der Waals surface area contributed by atoms with Crippen LogP contribution in [0.3, 0.4) is 0 Å². The summed E-state index contributed by atoms with van der Waals surface area (Å²) in [7, 11) is 1.37. The number of carbonyl (C=O) groups is 2. The number of ether oxygens (including phenoxy) is 2. The number of para-hydroxylation sites is 2. The average Bonchev–Trinajstić information content (AvgIpc) is 2.62. The van der Waals surface area contributed by atoms with E-state index in [9.17, 15) is 9.59 Å². The minimum Gasteiger partial charge on any atom is -0.469 e. The second-order valence-corrected chi connectivity index (χ2v) is 5.53. The lowest BCUT2D eigenvalue weighted by Gasteiger charge is -2.30. The topological polar surface area (TPSA) is 79.9 Å². The van der Waals surface area contributed by atoms with E-state index in [-0.39, 0.29) is 12.0 Å². The van der Waals surface area contributed by atoms with Gasteiger partial charge in [-0.1, -0.05) is 12.1 Å². The minimum absolute atomic E-state index is 0.223. The second kappa shape index (κ2) is 9.77. The van der Waals surface area contributed by atoms with Crippen molar-refractivity contribution in [3.05, 3.63) is 24.3 Å². The summed E-state index contributed by atoms with van der Waals surface area (Å²) in [4.78, 5) is 25.2. The van der Waals surface area contributed by atoms with Crippen molar-refractivity contribution >= 4 is 23.4 Å². The molecule has 1 aromatic rings. The number of urea groups is 1. The van der Waals surface area contributed by atoms with E-state index in [2.05, 4.69) is 20.3 Å². The smallest absolute Gasteiger partial charge is 0.319 e. The van der Waals surface area contributed by atoms with Gasteiger partial charge in [-0.2, -0.15) is 0 Å². The molecule has 1 fully saturated rings. The van der Waals surface area contributed by atoms with Crippen molar-refractivity contribution in [1.29, 1.82) is 0 Å². The van der Waals surface area contributed by atoms with Crippen LogP contribution < -0.4 is 15.5 Å². The number of hydrogen-bond donors (Lipinski definition) is 2. The van der Waals surface area contributed by atoms with Crippen molar-refractivity contribution in [1.82, 2.24) is 5.32 Å². The van der Waals surface area contributed by atoms with E-state index in [1.54, 1.807) is 0 Å². The molecule has 2 N–H and O–H groups in total. The van der Waals surface area contributed by atoms with Crippen LogP contribution in [0.2, 0.25) is 0 Å². The normalized spacial score (nSPS) is 14.1. The number of rotatable bonds is 7. The van der Waals surface area contributed by atoms with E-state index < -0.39 is 0 Å². The van der Waals surface area contributed by atoms with Gasteiger partial charge >= 0.3 is 12.0 Å². The lowest BCUT2D eigenvalue weighted by atomic mass is 10.2. The Morgan fingerprint density at radius 1 is 1.21 bits per heavy atom. The van der Waals surface area contributed by atoms with Gasteiger partial charge in [-0.15, -0.1) is 0 Å². The molecular weight excluding hydrogens is 310 g/mol. The molecule has 2 rings (SSSR count). The third kappa shape index (κ3) is 5.73. The van der Waals surface area contributed by atoms with E-state index in [1.165, 1.54) is 7.11 Å². The Kier molecular flexibility index (Phi) is 7.35. The van der Waals surface area contributed by atoms with Gasteiger partial charge in [-0.3, -0.25) is 4.79 Å². The molecule has 0 bridgehead atoms. The Bertz CT molecular complexity index is 544. The maximum Gasteiger partial charge on any atom is 0.319 e. The molecule has 1 heterocycles. The number of nitrogens with zero attached hydrogens (tertiary/aromatic N) is 1. The molecule has 0 saturated carbocycles. The molecule has 7 nitrogen and oxygen atoms in total. The Morgan fingerprint density at radius 3 is 2.71 bits per heavy atom. The van der Waals surface area contributed by atoms with Crippen molar-refractivity contribution in [2.45, 2.75) is 19.3 Å². The van der Waals surface area contributed by atoms with Crippen LogP contribution in [-0.2, 0) is 14.3 Å². The number of unbranched alkanes of at least 4 members (excludes halogenated alkanes) is 1. The zero-order chi connectivity index (χ0) is 17.2. The maximum atomic E-state index is 12.0. The highest BCUT2D eigenvalue weighted by atomic mass is 16.5. The zero-order valence-corrected chi connectivity index (χ0v) is 14.0. The third-order valence-corrected chi connectivity index (χ3v) is 3.82. The zero-order valence-electron chi connectivity index (χ0n) is 14.0. The molecule has 1 aliphatic rings. The summed E-state index contributed by atoms with van der Waals surface area (Å²) in [6.07, 6.45) is 1.80.